The molecule has 3 saturated carbocycles. The molecular formula is C33H49NO8. The van der Waals surface area contributed by atoms with E-state index in [1.165, 1.54) is 0 Å². The van der Waals surface area contributed by atoms with Crippen LogP contribution in [0.2, 0.25) is 0 Å². The number of morpholine rings is 1. The molecule has 4 aliphatic carbocycles. The minimum absolute atomic E-state index is 0.00355. The van der Waals surface area contributed by atoms with Crippen molar-refractivity contribution in [1.29, 1.82) is 0 Å². The monoisotopic (exact) mass is 587 g/mol. The minimum atomic E-state index is -1.14. The first kappa shape index (κ1) is 31.2. The Hall–Kier alpha value is -2.23. The molecule has 234 valence electrons. The lowest BCUT2D eigenvalue weighted by atomic mass is 9.43. The van der Waals surface area contributed by atoms with Gasteiger partial charge in [-0.3, -0.25) is 9.69 Å². The van der Waals surface area contributed by atoms with Gasteiger partial charge in [0.05, 0.1) is 24.7 Å². The fraction of sp³-hybridized carbons (Fsp3) is 0.788. The Bertz CT molecular complexity index is 1090. The fourth-order valence-electron chi connectivity index (χ4n) is 9.80. The number of allylic oxidation sites excluding steroid dienone is 1. The Morgan fingerprint density at radius 1 is 1.14 bits per heavy atom. The average molecular weight is 588 g/mol. The molecule has 0 aromatic rings. The molecule has 5 rings (SSSR count). The molecule has 9 nitrogen and oxygen atoms in total. The van der Waals surface area contributed by atoms with Gasteiger partial charge in [0, 0.05) is 25.0 Å². The third-order valence-corrected chi connectivity index (χ3v) is 11.1. The van der Waals surface area contributed by atoms with Gasteiger partial charge >= 0.3 is 12.1 Å². The quantitative estimate of drug-likeness (QED) is 0.138. The largest absolute Gasteiger partial charge is 0.508 e. The van der Waals surface area contributed by atoms with E-state index in [0.717, 1.165) is 44.2 Å². The van der Waals surface area contributed by atoms with E-state index in [2.05, 4.69) is 38.3 Å². The lowest BCUT2D eigenvalue weighted by Gasteiger charge is -2.59. The third-order valence-electron chi connectivity index (χ3n) is 11.1. The maximum absolute atomic E-state index is 14.7. The Morgan fingerprint density at radius 3 is 2.60 bits per heavy atom. The minimum Gasteiger partial charge on any atom is -0.461 e. The summed E-state index contributed by atoms with van der Waals surface area (Å²) in [5, 5.41) is 0. The van der Waals surface area contributed by atoms with E-state index < -0.39 is 34.7 Å². The van der Waals surface area contributed by atoms with Crippen LogP contribution < -0.4 is 0 Å². The van der Waals surface area contributed by atoms with Gasteiger partial charge in [0.1, 0.15) is 24.9 Å². The maximum atomic E-state index is 14.7. The van der Waals surface area contributed by atoms with Crippen molar-refractivity contribution in [2.45, 2.75) is 72.7 Å². The van der Waals surface area contributed by atoms with E-state index in [1.54, 1.807) is 6.92 Å². The van der Waals surface area contributed by atoms with Gasteiger partial charge in [0.2, 0.25) is 0 Å². The zero-order valence-electron chi connectivity index (χ0n) is 26.0. The number of nitrogens with zero attached hydrogens (tertiary/aromatic N) is 1. The molecule has 9 heteroatoms. The highest BCUT2D eigenvalue weighted by atomic mass is 16.7. The number of aldehydes is 1. The zero-order valence-corrected chi connectivity index (χ0v) is 26.0. The summed E-state index contributed by atoms with van der Waals surface area (Å²) in [6, 6.07) is 0. The summed E-state index contributed by atoms with van der Waals surface area (Å²) in [7, 11) is 0. The first-order valence-corrected chi connectivity index (χ1v) is 15.9. The number of hydrogen-bond acceptors (Lipinski definition) is 9. The normalized spacial score (nSPS) is 40.4. The molecule has 0 N–H and O–H groups in total. The van der Waals surface area contributed by atoms with Crippen molar-refractivity contribution in [2.24, 2.45) is 45.8 Å². The third kappa shape index (κ3) is 4.65. The second kappa shape index (κ2) is 12.0. The Morgan fingerprint density at radius 2 is 1.90 bits per heavy atom. The first-order chi connectivity index (χ1) is 20.1. The maximum Gasteiger partial charge on any atom is 0.508 e. The van der Waals surface area contributed by atoms with Crippen LogP contribution in [0.3, 0.4) is 0 Å². The number of rotatable bonds is 12. The highest BCUT2D eigenvalue weighted by Crippen LogP contribution is 2.82. The molecule has 4 bridgehead atoms. The van der Waals surface area contributed by atoms with Crippen LogP contribution in [0.5, 0.6) is 0 Å². The molecule has 0 amide bonds. The fourth-order valence-corrected chi connectivity index (χ4v) is 9.80. The smallest absolute Gasteiger partial charge is 0.461 e. The van der Waals surface area contributed by atoms with E-state index in [4.69, 9.17) is 23.7 Å². The van der Waals surface area contributed by atoms with Crippen molar-refractivity contribution in [1.82, 2.24) is 4.90 Å². The molecular weight excluding hydrogens is 538 g/mol. The topological polar surface area (TPSA) is 101 Å². The lowest BCUT2D eigenvalue weighted by molar-refractivity contribution is -0.236. The molecule has 1 aliphatic heterocycles. The summed E-state index contributed by atoms with van der Waals surface area (Å²) in [6.45, 7) is 16.6. The molecule has 9 atom stereocenters. The Kier molecular flexibility index (Phi) is 8.95. The van der Waals surface area contributed by atoms with Crippen LogP contribution in [0.15, 0.2) is 24.3 Å². The van der Waals surface area contributed by atoms with Crippen molar-refractivity contribution >= 4 is 18.4 Å². The van der Waals surface area contributed by atoms with Crippen LogP contribution >= 0.6 is 0 Å². The zero-order chi connectivity index (χ0) is 30.3. The van der Waals surface area contributed by atoms with Crippen molar-refractivity contribution in [2.75, 3.05) is 46.1 Å². The molecule has 42 heavy (non-hydrogen) atoms. The second-order valence-corrected chi connectivity index (χ2v) is 13.5. The molecule has 0 spiro atoms. The summed E-state index contributed by atoms with van der Waals surface area (Å²) >= 11 is 0. The van der Waals surface area contributed by atoms with E-state index in [-0.39, 0.29) is 43.7 Å². The average Bonchev–Trinajstić information content (AvgIpc) is 3.51. The van der Waals surface area contributed by atoms with E-state index in [1.807, 2.05) is 13.0 Å². The van der Waals surface area contributed by atoms with Crippen molar-refractivity contribution in [3.8, 4) is 0 Å². The number of esters is 1. The van der Waals surface area contributed by atoms with Crippen molar-refractivity contribution in [3.63, 3.8) is 0 Å². The summed E-state index contributed by atoms with van der Waals surface area (Å²) in [5.74, 6) is 0.584. The molecule has 0 radical (unpaired) electrons. The number of carbonyl (C=O) groups is 3. The predicted octanol–water partition coefficient (Wildman–Crippen LogP) is 4.79. The van der Waals surface area contributed by atoms with Gasteiger partial charge in [-0.25, -0.2) is 4.79 Å². The summed E-state index contributed by atoms with van der Waals surface area (Å²) in [4.78, 5) is 42.2. The van der Waals surface area contributed by atoms with Crippen molar-refractivity contribution < 1.29 is 38.1 Å². The second-order valence-electron chi connectivity index (χ2n) is 13.5. The molecule has 1 heterocycles. The van der Waals surface area contributed by atoms with Gasteiger partial charge in [0.25, 0.3) is 0 Å². The first-order valence-electron chi connectivity index (χ1n) is 15.9. The molecule has 4 fully saturated rings. The molecule has 0 aromatic heterocycles. The van der Waals surface area contributed by atoms with E-state index in [9.17, 15) is 14.4 Å². The van der Waals surface area contributed by atoms with Gasteiger partial charge in [-0.1, -0.05) is 44.9 Å². The van der Waals surface area contributed by atoms with Gasteiger partial charge in [-0.15, -0.1) is 6.58 Å². The van der Waals surface area contributed by atoms with Crippen LogP contribution in [0.4, 0.5) is 4.79 Å². The summed E-state index contributed by atoms with van der Waals surface area (Å²) in [5.41, 5.74) is -1.64. The molecule has 0 unspecified atom stereocenters. The standard InChI is InChI=1S/C33H49NO8/c1-7-11-34-17-23(6)42-28(18-34)41-20-32-16-25-22(5)9-10-26(25)31(19-35)15-24(32)14-27(21(3)4)33(31,32)29(36)39-12-13-40-30(37)38-8-2/h7,14,19,21-26,28H,1,8-13,15-18,20H2,2-6H3/t22-,23-,24+,25-,26-,28-,31+,32+,33+/m1/s1. The van der Waals surface area contributed by atoms with Crippen LogP contribution in [0.25, 0.3) is 0 Å². The molecule has 1 saturated heterocycles. The number of carbonyl (C=O) groups excluding carboxylic acids is 3. The predicted molar refractivity (Wildman–Crippen MR) is 155 cm³/mol. The van der Waals surface area contributed by atoms with Crippen molar-refractivity contribution in [3.05, 3.63) is 24.3 Å². The number of ether oxygens (including phenoxy) is 5. The van der Waals surface area contributed by atoms with Gasteiger partial charge in [-0.05, 0) is 62.7 Å². The number of fused-ring (bicyclic) bond motifs is 2. The number of hydrogen-bond donors (Lipinski definition) is 0. The van der Waals surface area contributed by atoms with E-state index in [0.29, 0.717) is 31.4 Å². The Labute approximate surface area is 250 Å². The SMILES string of the molecule is C=CCN1C[C@H](OC[C@@]23C[C@@H]4[C@H](C)CC[C@H]4[C@@]4(C=O)C[C@@H]2C=C(C(C)C)[C@@]34C(=O)OCCOC(=O)OCC)O[C@H](C)C1. The highest BCUT2D eigenvalue weighted by molar-refractivity contribution is 5.91. The van der Waals surface area contributed by atoms with Gasteiger partial charge < -0.3 is 28.5 Å². The van der Waals surface area contributed by atoms with Crippen LogP contribution in [-0.4, -0.2) is 81.8 Å². The van der Waals surface area contributed by atoms with Crippen LogP contribution in [-0.2, 0) is 33.3 Å². The van der Waals surface area contributed by atoms with E-state index >= 15 is 0 Å². The molecule has 0 aromatic carbocycles. The highest BCUT2D eigenvalue weighted by Gasteiger charge is 2.84. The van der Waals surface area contributed by atoms with Crippen LogP contribution in [0.1, 0.15) is 60.3 Å². The van der Waals surface area contributed by atoms with Gasteiger partial charge in [-0.2, -0.15) is 0 Å². The lowest BCUT2D eigenvalue weighted by Crippen LogP contribution is -2.64. The van der Waals surface area contributed by atoms with Gasteiger partial charge in [0.15, 0.2) is 6.29 Å². The van der Waals surface area contributed by atoms with Crippen LogP contribution in [0, 0.1) is 45.8 Å². The molecule has 5 aliphatic rings. The Balaban J connectivity index is 1.50. The summed E-state index contributed by atoms with van der Waals surface area (Å²) in [6.07, 6.45) is 7.46. The summed E-state index contributed by atoms with van der Waals surface area (Å²) < 4.78 is 28.9.